The van der Waals surface area contributed by atoms with Gasteiger partial charge in [0.25, 0.3) is 0 Å². The fourth-order valence-electron chi connectivity index (χ4n) is 3.30. The van der Waals surface area contributed by atoms with Crippen LogP contribution in [0.2, 0.25) is 0 Å². The fraction of sp³-hybridized carbons (Fsp3) is 0.333. The molecule has 0 saturated heterocycles. The number of nitrogens with zero attached hydrogens (tertiary/aromatic N) is 1. The minimum absolute atomic E-state index is 0.0893. The molecular weight excluding hydrogens is 301 g/mol. The first kappa shape index (κ1) is 16.0. The first-order chi connectivity index (χ1) is 10.9. The number of rotatable bonds is 3. The summed E-state index contributed by atoms with van der Waals surface area (Å²) in [6.45, 7) is 2.98. The van der Waals surface area contributed by atoms with Crippen molar-refractivity contribution in [2.75, 3.05) is 6.54 Å². The van der Waals surface area contributed by atoms with E-state index in [1.54, 1.807) is 6.07 Å². The van der Waals surface area contributed by atoms with Crippen LogP contribution in [0.1, 0.15) is 41.3 Å². The Labute approximate surface area is 133 Å². The summed E-state index contributed by atoms with van der Waals surface area (Å²) < 4.78 is 38.9. The zero-order valence-electron chi connectivity index (χ0n) is 12.8. The van der Waals surface area contributed by atoms with E-state index in [1.165, 1.54) is 6.07 Å². The summed E-state index contributed by atoms with van der Waals surface area (Å²) in [5, 5.41) is 0. The normalized spacial score (nSPS) is 19.6. The Morgan fingerprint density at radius 2 is 1.87 bits per heavy atom. The van der Waals surface area contributed by atoms with Crippen LogP contribution < -0.4 is 5.73 Å². The second-order valence-corrected chi connectivity index (χ2v) is 5.92. The standard InChI is InChI=1S/C18H19F3N2/c1-12(13-5-3-2-4-6-13)23-11-14-7-8-15(18(19,20)21)9-16(14)17(23)10-22/h2-9,12,17H,10-11,22H2,1H3. The minimum Gasteiger partial charge on any atom is -0.329 e. The molecule has 2 aromatic carbocycles. The highest BCUT2D eigenvalue weighted by atomic mass is 19.4. The molecule has 2 atom stereocenters. The number of hydrogen-bond acceptors (Lipinski definition) is 2. The molecule has 2 N–H and O–H groups in total. The highest BCUT2D eigenvalue weighted by Crippen LogP contribution is 2.41. The van der Waals surface area contributed by atoms with Crippen LogP contribution in [0.5, 0.6) is 0 Å². The number of alkyl halides is 3. The van der Waals surface area contributed by atoms with Crippen LogP contribution >= 0.6 is 0 Å². The predicted octanol–water partition coefficient (Wildman–Crippen LogP) is 4.28. The summed E-state index contributed by atoms with van der Waals surface area (Å²) in [6, 6.07) is 13.8. The molecule has 2 unspecified atom stereocenters. The van der Waals surface area contributed by atoms with Gasteiger partial charge in [0.05, 0.1) is 5.56 Å². The van der Waals surface area contributed by atoms with E-state index in [4.69, 9.17) is 5.73 Å². The van der Waals surface area contributed by atoms with Gasteiger partial charge in [0.1, 0.15) is 0 Å². The van der Waals surface area contributed by atoms with Gasteiger partial charge in [-0.15, -0.1) is 0 Å². The van der Waals surface area contributed by atoms with Crippen LogP contribution in [0.15, 0.2) is 48.5 Å². The Hall–Kier alpha value is -1.85. The molecule has 0 fully saturated rings. The van der Waals surface area contributed by atoms with Crippen LogP contribution in [0.25, 0.3) is 0 Å². The second kappa shape index (κ2) is 5.98. The second-order valence-electron chi connectivity index (χ2n) is 5.92. The van der Waals surface area contributed by atoms with E-state index in [0.29, 0.717) is 18.7 Å². The van der Waals surface area contributed by atoms with Gasteiger partial charge < -0.3 is 5.73 Å². The average molecular weight is 320 g/mol. The summed E-state index contributed by atoms with van der Waals surface area (Å²) in [5.74, 6) is 0. The molecule has 0 radical (unpaired) electrons. The lowest BCUT2D eigenvalue weighted by atomic mass is 10.0. The van der Waals surface area contributed by atoms with E-state index in [2.05, 4.69) is 11.8 Å². The number of halogens is 3. The molecule has 122 valence electrons. The van der Waals surface area contributed by atoms with E-state index >= 15 is 0 Å². The lowest BCUT2D eigenvalue weighted by Gasteiger charge is -2.30. The van der Waals surface area contributed by atoms with Gasteiger partial charge in [-0.3, -0.25) is 4.90 Å². The topological polar surface area (TPSA) is 29.3 Å². The first-order valence-corrected chi connectivity index (χ1v) is 7.62. The molecule has 1 heterocycles. The molecule has 0 spiro atoms. The predicted molar refractivity (Wildman–Crippen MR) is 83.6 cm³/mol. The van der Waals surface area contributed by atoms with Gasteiger partial charge in [0.15, 0.2) is 0 Å². The van der Waals surface area contributed by atoms with Crippen molar-refractivity contribution in [2.45, 2.75) is 31.7 Å². The molecule has 2 nitrogen and oxygen atoms in total. The first-order valence-electron chi connectivity index (χ1n) is 7.62. The average Bonchev–Trinajstić information content (AvgIpc) is 2.91. The van der Waals surface area contributed by atoms with Crippen LogP contribution in [0.4, 0.5) is 13.2 Å². The van der Waals surface area contributed by atoms with Crippen molar-refractivity contribution < 1.29 is 13.2 Å². The molecular formula is C18H19F3N2. The van der Waals surface area contributed by atoms with Gasteiger partial charge in [-0.1, -0.05) is 36.4 Å². The number of fused-ring (bicyclic) bond motifs is 1. The summed E-state index contributed by atoms with van der Waals surface area (Å²) in [6.07, 6.45) is -4.33. The third kappa shape index (κ3) is 2.99. The lowest BCUT2D eigenvalue weighted by molar-refractivity contribution is -0.137. The molecule has 0 bridgehead atoms. The highest BCUT2D eigenvalue weighted by molar-refractivity contribution is 5.39. The molecule has 1 aliphatic heterocycles. The van der Waals surface area contributed by atoms with Crippen LogP contribution in [-0.2, 0) is 12.7 Å². The van der Waals surface area contributed by atoms with Gasteiger partial charge in [0, 0.05) is 25.2 Å². The molecule has 3 rings (SSSR count). The maximum absolute atomic E-state index is 13.0. The van der Waals surface area contributed by atoms with Gasteiger partial charge in [0.2, 0.25) is 0 Å². The largest absolute Gasteiger partial charge is 0.416 e. The summed E-state index contributed by atoms with van der Waals surface area (Å²) >= 11 is 0. The van der Waals surface area contributed by atoms with E-state index in [1.807, 2.05) is 30.3 Å². The molecule has 0 amide bonds. The molecule has 23 heavy (non-hydrogen) atoms. The Kier molecular flexibility index (Phi) is 4.17. The van der Waals surface area contributed by atoms with Crippen molar-refractivity contribution in [1.82, 2.24) is 4.90 Å². The third-order valence-corrected chi connectivity index (χ3v) is 4.59. The highest BCUT2D eigenvalue weighted by Gasteiger charge is 2.36. The van der Waals surface area contributed by atoms with Gasteiger partial charge in [-0.25, -0.2) is 0 Å². The van der Waals surface area contributed by atoms with Crippen molar-refractivity contribution in [3.05, 3.63) is 70.8 Å². The Morgan fingerprint density at radius 3 is 2.48 bits per heavy atom. The number of hydrogen-bond donors (Lipinski definition) is 1. The monoisotopic (exact) mass is 320 g/mol. The summed E-state index contributed by atoms with van der Waals surface area (Å²) in [5.41, 5.74) is 8.04. The number of benzene rings is 2. The van der Waals surface area contributed by atoms with Crippen molar-refractivity contribution in [2.24, 2.45) is 5.73 Å². The van der Waals surface area contributed by atoms with Crippen molar-refractivity contribution in [3.63, 3.8) is 0 Å². The maximum Gasteiger partial charge on any atom is 0.416 e. The number of nitrogens with two attached hydrogens (primary N) is 1. The SMILES string of the molecule is CC(c1ccccc1)N1Cc2ccc(C(F)(F)F)cc2C1CN. The van der Waals surface area contributed by atoms with Gasteiger partial charge in [-0.2, -0.15) is 13.2 Å². The van der Waals surface area contributed by atoms with E-state index in [-0.39, 0.29) is 12.1 Å². The summed E-state index contributed by atoms with van der Waals surface area (Å²) in [7, 11) is 0. The maximum atomic E-state index is 13.0. The van der Waals surface area contributed by atoms with Crippen molar-refractivity contribution in [1.29, 1.82) is 0 Å². The summed E-state index contributed by atoms with van der Waals surface area (Å²) in [4.78, 5) is 2.17. The van der Waals surface area contributed by atoms with E-state index in [0.717, 1.165) is 17.2 Å². The smallest absolute Gasteiger partial charge is 0.329 e. The van der Waals surface area contributed by atoms with Crippen LogP contribution in [0, 0.1) is 0 Å². The van der Waals surface area contributed by atoms with Crippen molar-refractivity contribution in [3.8, 4) is 0 Å². The molecule has 0 aromatic heterocycles. The zero-order chi connectivity index (χ0) is 16.6. The molecule has 5 heteroatoms. The van der Waals surface area contributed by atoms with E-state index in [9.17, 15) is 13.2 Å². The fourth-order valence-corrected chi connectivity index (χ4v) is 3.30. The quantitative estimate of drug-likeness (QED) is 0.914. The molecule has 2 aromatic rings. The third-order valence-electron chi connectivity index (χ3n) is 4.59. The van der Waals surface area contributed by atoms with E-state index < -0.39 is 11.7 Å². The molecule has 1 aliphatic rings. The lowest BCUT2D eigenvalue weighted by Crippen LogP contribution is -2.30. The Balaban J connectivity index is 1.94. The van der Waals surface area contributed by atoms with Gasteiger partial charge in [-0.05, 0) is 35.7 Å². The zero-order valence-corrected chi connectivity index (χ0v) is 12.8. The Morgan fingerprint density at radius 1 is 1.17 bits per heavy atom. The minimum atomic E-state index is -4.33. The van der Waals surface area contributed by atoms with Crippen LogP contribution in [-0.4, -0.2) is 11.4 Å². The van der Waals surface area contributed by atoms with Crippen molar-refractivity contribution >= 4 is 0 Å². The van der Waals surface area contributed by atoms with Gasteiger partial charge >= 0.3 is 6.18 Å². The van der Waals surface area contributed by atoms with Crippen LogP contribution in [0.3, 0.4) is 0 Å². The molecule has 0 saturated carbocycles. The Bertz CT molecular complexity index is 682. The molecule has 0 aliphatic carbocycles.